The molecule has 2 aromatic carbocycles. The number of aliphatic hydroxyl groups excluding tert-OH is 1. The molecular formula is C16H18N2O3. The lowest BCUT2D eigenvalue weighted by Gasteiger charge is -2.09. The number of benzene rings is 2. The van der Waals surface area contributed by atoms with E-state index >= 15 is 0 Å². The Morgan fingerprint density at radius 2 is 1.71 bits per heavy atom. The summed E-state index contributed by atoms with van der Waals surface area (Å²) in [6.07, 6.45) is -0.530. The highest BCUT2D eigenvalue weighted by molar-refractivity contribution is 5.66. The van der Waals surface area contributed by atoms with Gasteiger partial charge in [-0.25, -0.2) is 10.2 Å². The Kier molecular flexibility index (Phi) is 5.75. The molecule has 3 N–H and O–H groups in total. The van der Waals surface area contributed by atoms with Gasteiger partial charge < -0.3 is 9.84 Å². The number of carbonyl (C=O) groups excluding carboxylic acids is 1. The Balaban J connectivity index is 1.69. The Morgan fingerprint density at radius 1 is 1.00 bits per heavy atom. The molecule has 0 aliphatic heterocycles. The van der Waals surface area contributed by atoms with Gasteiger partial charge in [0.05, 0.1) is 6.61 Å². The molecule has 110 valence electrons. The topological polar surface area (TPSA) is 70.6 Å². The lowest BCUT2D eigenvalue weighted by atomic mass is 10.1. The minimum atomic E-state index is -0.530. The number of amides is 1. The molecule has 5 nitrogen and oxygen atoms in total. The van der Waals surface area contributed by atoms with Gasteiger partial charge in [0.1, 0.15) is 6.61 Å². The second kappa shape index (κ2) is 8.04. The van der Waals surface area contributed by atoms with Crippen molar-refractivity contribution in [3.8, 4) is 0 Å². The first-order valence-corrected chi connectivity index (χ1v) is 6.66. The second-order valence-electron chi connectivity index (χ2n) is 4.52. The molecule has 0 fully saturated rings. The third-order valence-corrected chi connectivity index (χ3v) is 2.87. The summed E-state index contributed by atoms with van der Waals surface area (Å²) >= 11 is 0. The van der Waals surface area contributed by atoms with Gasteiger partial charge in [0.15, 0.2) is 0 Å². The van der Waals surface area contributed by atoms with Gasteiger partial charge >= 0.3 is 6.09 Å². The maximum atomic E-state index is 11.5. The predicted octanol–water partition coefficient (Wildman–Crippen LogP) is 2.11. The normalized spacial score (nSPS) is 10.1. The van der Waals surface area contributed by atoms with E-state index in [-0.39, 0.29) is 13.2 Å². The molecule has 0 aromatic heterocycles. The molecule has 0 aliphatic carbocycles. The van der Waals surface area contributed by atoms with Crippen molar-refractivity contribution in [2.24, 2.45) is 0 Å². The fraction of sp³-hybridized carbons (Fsp3) is 0.188. The average Bonchev–Trinajstić information content (AvgIpc) is 2.54. The van der Waals surface area contributed by atoms with E-state index in [0.29, 0.717) is 6.54 Å². The van der Waals surface area contributed by atoms with Gasteiger partial charge in [-0.1, -0.05) is 54.6 Å². The molecule has 1 amide bonds. The molecular weight excluding hydrogens is 268 g/mol. The summed E-state index contributed by atoms with van der Waals surface area (Å²) in [5.41, 5.74) is 7.98. The zero-order valence-electron chi connectivity index (χ0n) is 11.6. The van der Waals surface area contributed by atoms with Gasteiger partial charge in [0.2, 0.25) is 0 Å². The van der Waals surface area contributed by atoms with Crippen molar-refractivity contribution in [2.75, 3.05) is 0 Å². The highest BCUT2D eigenvalue weighted by Gasteiger charge is 2.02. The summed E-state index contributed by atoms with van der Waals surface area (Å²) in [5.74, 6) is 0. The monoisotopic (exact) mass is 286 g/mol. The van der Waals surface area contributed by atoms with Crippen LogP contribution in [-0.4, -0.2) is 11.2 Å². The zero-order chi connectivity index (χ0) is 14.9. The largest absolute Gasteiger partial charge is 0.444 e. The number of carbonyl (C=O) groups is 1. The van der Waals surface area contributed by atoms with E-state index in [1.165, 1.54) is 0 Å². The number of aliphatic hydroxyl groups is 1. The number of hydrazine groups is 1. The molecule has 2 aromatic rings. The Bertz CT molecular complexity index is 573. The van der Waals surface area contributed by atoms with Gasteiger partial charge in [-0.2, -0.15) is 0 Å². The first-order chi connectivity index (χ1) is 10.3. The maximum Gasteiger partial charge on any atom is 0.421 e. The summed E-state index contributed by atoms with van der Waals surface area (Å²) < 4.78 is 5.06. The number of ether oxygens (including phenoxy) is 1. The summed E-state index contributed by atoms with van der Waals surface area (Å²) in [5, 5.41) is 9.04. The van der Waals surface area contributed by atoms with E-state index < -0.39 is 6.09 Å². The Labute approximate surface area is 123 Å². The van der Waals surface area contributed by atoms with Crippen LogP contribution in [0.1, 0.15) is 16.7 Å². The van der Waals surface area contributed by atoms with Crippen LogP contribution in [0.4, 0.5) is 4.79 Å². The van der Waals surface area contributed by atoms with Crippen LogP contribution in [0, 0.1) is 0 Å². The van der Waals surface area contributed by atoms with Crippen molar-refractivity contribution in [1.29, 1.82) is 0 Å². The van der Waals surface area contributed by atoms with Gasteiger partial charge in [-0.05, 0) is 16.7 Å². The number of rotatable bonds is 6. The van der Waals surface area contributed by atoms with Gasteiger partial charge in [0.25, 0.3) is 0 Å². The Morgan fingerprint density at radius 3 is 2.48 bits per heavy atom. The molecule has 0 saturated carbocycles. The van der Waals surface area contributed by atoms with Crippen molar-refractivity contribution in [1.82, 2.24) is 10.9 Å². The van der Waals surface area contributed by atoms with Crippen molar-refractivity contribution in [3.63, 3.8) is 0 Å². The quantitative estimate of drug-likeness (QED) is 0.711. The van der Waals surface area contributed by atoms with Crippen LogP contribution in [0.2, 0.25) is 0 Å². The minimum Gasteiger partial charge on any atom is -0.444 e. The molecule has 0 atom stereocenters. The lowest BCUT2D eigenvalue weighted by Crippen LogP contribution is -2.37. The number of hydrogen-bond acceptors (Lipinski definition) is 4. The molecule has 0 spiro atoms. The molecule has 0 radical (unpaired) electrons. The summed E-state index contributed by atoms with van der Waals surface area (Å²) in [6.45, 7) is 0.684. The van der Waals surface area contributed by atoms with E-state index in [0.717, 1.165) is 16.7 Å². The molecule has 5 heteroatoms. The summed E-state index contributed by atoms with van der Waals surface area (Å²) in [4.78, 5) is 11.5. The first-order valence-electron chi connectivity index (χ1n) is 6.66. The number of nitrogens with one attached hydrogen (secondary N) is 2. The van der Waals surface area contributed by atoms with Crippen molar-refractivity contribution in [3.05, 3.63) is 71.3 Å². The molecule has 0 unspecified atom stereocenters. The lowest BCUT2D eigenvalue weighted by molar-refractivity contribution is 0.134. The zero-order valence-corrected chi connectivity index (χ0v) is 11.6. The molecule has 0 bridgehead atoms. The third-order valence-electron chi connectivity index (χ3n) is 2.87. The van der Waals surface area contributed by atoms with Gasteiger partial charge in [-0.3, -0.25) is 5.43 Å². The van der Waals surface area contributed by atoms with E-state index in [9.17, 15) is 4.79 Å². The minimum absolute atomic E-state index is 0.000383. The van der Waals surface area contributed by atoms with Crippen LogP contribution in [0.25, 0.3) is 0 Å². The van der Waals surface area contributed by atoms with Crippen LogP contribution in [0.15, 0.2) is 54.6 Å². The van der Waals surface area contributed by atoms with Crippen molar-refractivity contribution >= 4 is 6.09 Å². The van der Waals surface area contributed by atoms with Crippen molar-refractivity contribution < 1.29 is 14.6 Å². The molecule has 0 aliphatic rings. The van der Waals surface area contributed by atoms with Gasteiger partial charge in [0, 0.05) is 6.54 Å². The molecule has 0 saturated heterocycles. The fourth-order valence-electron chi connectivity index (χ4n) is 1.82. The van der Waals surface area contributed by atoms with Crippen LogP contribution >= 0.6 is 0 Å². The fourth-order valence-corrected chi connectivity index (χ4v) is 1.82. The molecule has 0 heterocycles. The van der Waals surface area contributed by atoms with Crippen LogP contribution in [0.5, 0.6) is 0 Å². The van der Waals surface area contributed by atoms with E-state index in [2.05, 4.69) is 10.9 Å². The number of hydrogen-bond donors (Lipinski definition) is 3. The SMILES string of the molecule is O=C(NNCc1cccc(CO)c1)OCc1ccccc1. The molecule has 21 heavy (non-hydrogen) atoms. The molecule has 2 rings (SSSR count). The van der Waals surface area contributed by atoms with E-state index in [1.54, 1.807) is 0 Å². The maximum absolute atomic E-state index is 11.5. The highest BCUT2D eigenvalue weighted by Crippen LogP contribution is 2.04. The van der Waals surface area contributed by atoms with Crippen LogP contribution in [0.3, 0.4) is 0 Å². The predicted molar refractivity (Wildman–Crippen MR) is 79.0 cm³/mol. The Hall–Kier alpha value is -2.37. The average molecular weight is 286 g/mol. The first kappa shape index (κ1) is 15.0. The summed E-state index contributed by atoms with van der Waals surface area (Å²) in [6, 6.07) is 16.9. The van der Waals surface area contributed by atoms with Crippen LogP contribution in [-0.2, 0) is 24.5 Å². The smallest absolute Gasteiger partial charge is 0.421 e. The summed E-state index contributed by atoms with van der Waals surface area (Å²) in [7, 11) is 0. The standard InChI is InChI=1S/C16H18N2O3/c19-11-15-8-4-7-14(9-15)10-17-18-16(20)21-12-13-5-2-1-3-6-13/h1-9,17,19H,10-12H2,(H,18,20). The van der Waals surface area contributed by atoms with Gasteiger partial charge in [-0.15, -0.1) is 0 Å². The van der Waals surface area contributed by atoms with E-state index in [4.69, 9.17) is 9.84 Å². The van der Waals surface area contributed by atoms with Crippen LogP contribution < -0.4 is 10.9 Å². The van der Waals surface area contributed by atoms with E-state index in [1.807, 2.05) is 54.6 Å². The second-order valence-corrected chi connectivity index (χ2v) is 4.52. The highest BCUT2D eigenvalue weighted by atomic mass is 16.6. The third kappa shape index (κ3) is 5.25. The van der Waals surface area contributed by atoms with Crippen molar-refractivity contribution in [2.45, 2.75) is 19.8 Å².